The maximum atomic E-state index is 13.4. The van der Waals surface area contributed by atoms with Crippen molar-refractivity contribution in [1.29, 1.82) is 0 Å². The van der Waals surface area contributed by atoms with Crippen LogP contribution in [0.1, 0.15) is 49.9 Å². The number of carbonyl (C=O) groups excluding carboxylic acids is 1. The molecule has 2 aliphatic rings. The molecule has 0 radical (unpaired) electrons. The van der Waals surface area contributed by atoms with Crippen molar-refractivity contribution in [3.63, 3.8) is 0 Å². The number of rotatable bonds is 7. The van der Waals surface area contributed by atoms with Gasteiger partial charge in [-0.15, -0.1) is 10.2 Å². The van der Waals surface area contributed by atoms with Crippen LogP contribution in [-0.2, 0) is 10.0 Å². The molecule has 194 valence electrons. The van der Waals surface area contributed by atoms with Crippen LogP contribution >= 0.6 is 0 Å². The number of likely N-dealkylation sites (tertiary alicyclic amines) is 1. The lowest BCUT2D eigenvalue weighted by Gasteiger charge is -2.17. The lowest BCUT2D eigenvalue weighted by atomic mass is 9.93. The van der Waals surface area contributed by atoms with Crippen LogP contribution in [0.25, 0.3) is 16.8 Å². The Morgan fingerprint density at radius 3 is 2.62 bits per heavy atom. The van der Waals surface area contributed by atoms with E-state index in [2.05, 4.69) is 27.4 Å². The quantitative estimate of drug-likeness (QED) is 0.398. The summed E-state index contributed by atoms with van der Waals surface area (Å²) in [6.45, 7) is 5.95. The number of aromatic nitrogens is 5. The van der Waals surface area contributed by atoms with Gasteiger partial charge in [-0.2, -0.15) is 0 Å². The van der Waals surface area contributed by atoms with Crippen LogP contribution in [0.5, 0.6) is 0 Å². The van der Waals surface area contributed by atoms with Gasteiger partial charge in [0, 0.05) is 31.7 Å². The summed E-state index contributed by atoms with van der Waals surface area (Å²) in [5, 5.41) is 11.9. The molecule has 2 atom stereocenters. The molecular formula is C26H31N7O3S. The number of aryl methyl sites for hydroxylation is 1. The van der Waals surface area contributed by atoms with Gasteiger partial charge in [-0.3, -0.25) is 4.40 Å². The van der Waals surface area contributed by atoms with E-state index in [9.17, 15) is 13.2 Å². The highest BCUT2D eigenvalue weighted by Crippen LogP contribution is 2.35. The van der Waals surface area contributed by atoms with Gasteiger partial charge in [0.15, 0.2) is 11.3 Å². The van der Waals surface area contributed by atoms with Crippen molar-refractivity contribution >= 4 is 32.9 Å². The molecule has 0 unspecified atom stereocenters. The molecule has 3 aromatic heterocycles. The van der Waals surface area contributed by atoms with E-state index in [1.165, 1.54) is 23.0 Å². The second-order valence-corrected chi connectivity index (χ2v) is 12.1. The summed E-state index contributed by atoms with van der Waals surface area (Å²) in [6.07, 6.45) is 7.57. The number of fused-ring (bicyclic) bond motifs is 3. The Morgan fingerprint density at radius 2 is 1.89 bits per heavy atom. The van der Waals surface area contributed by atoms with E-state index in [1.807, 2.05) is 16.2 Å². The summed E-state index contributed by atoms with van der Waals surface area (Å²) in [6, 6.07) is 8.48. The van der Waals surface area contributed by atoms with Crippen molar-refractivity contribution in [3.05, 3.63) is 54.1 Å². The maximum absolute atomic E-state index is 13.4. The first kappa shape index (κ1) is 23.9. The molecule has 2 amide bonds. The zero-order valence-electron chi connectivity index (χ0n) is 21.0. The van der Waals surface area contributed by atoms with E-state index in [4.69, 9.17) is 0 Å². The van der Waals surface area contributed by atoms with Crippen molar-refractivity contribution in [1.82, 2.24) is 33.8 Å². The number of hydrogen-bond acceptors (Lipinski definition) is 6. The third-order valence-electron chi connectivity index (χ3n) is 7.75. The molecule has 4 heterocycles. The molecule has 37 heavy (non-hydrogen) atoms. The van der Waals surface area contributed by atoms with Crippen LogP contribution in [-0.4, -0.2) is 62.5 Å². The van der Waals surface area contributed by atoms with E-state index < -0.39 is 10.0 Å². The topological polar surface area (TPSA) is 114 Å². The van der Waals surface area contributed by atoms with E-state index in [0.717, 1.165) is 30.1 Å². The minimum absolute atomic E-state index is 0.0168. The van der Waals surface area contributed by atoms with Crippen molar-refractivity contribution < 1.29 is 13.2 Å². The fraction of sp³-hybridized carbons (Fsp3) is 0.462. The SMILES string of the molecule is CC[C@H]1CN(C(=O)NCCC2CC2)C[C@H]1c1nnc2cnc3c(ccn3S(=O)(=O)c3ccc(C)cc3)n12. The largest absolute Gasteiger partial charge is 0.338 e. The highest BCUT2D eigenvalue weighted by atomic mass is 32.2. The van der Waals surface area contributed by atoms with E-state index in [-0.39, 0.29) is 22.8 Å². The normalized spacial score (nSPS) is 20.2. The van der Waals surface area contributed by atoms with Crippen LogP contribution in [0.4, 0.5) is 4.79 Å². The van der Waals surface area contributed by atoms with Gasteiger partial charge in [-0.25, -0.2) is 22.2 Å². The Bertz CT molecular complexity index is 1570. The van der Waals surface area contributed by atoms with E-state index >= 15 is 0 Å². The monoisotopic (exact) mass is 521 g/mol. The maximum Gasteiger partial charge on any atom is 0.317 e. The van der Waals surface area contributed by atoms with Gasteiger partial charge in [-0.1, -0.05) is 43.9 Å². The fourth-order valence-electron chi connectivity index (χ4n) is 5.35. The van der Waals surface area contributed by atoms with Crippen LogP contribution in [0.2, 0.25) is 0 Å². The molecular weight excluding hydrogens is 490 g/mol. The second-order valence-electron chi connectivity index (χ2n) is 10.3. The molecule has 1 aliphatic carbocycles. The van der Waals surface area contributed by atoms with Gasteiger partial charge < -0.3 is 10.2 Å². The molecule has 1 aliphatic heterocycles. The molecule has 0 bridgehead atoms. The highest BCUT2D eigenvalue weighted by molar-refractivity contribution is 7.90. The molecule has 6 rings (SSSR count). The second kappa shape index (κ2) is 9.13. The predicted octanol–water partition coefficient (Wildman–Crippen LogP) is 3.56. The number of nitrogens with zero attached hydrogens (tertiary/aromatic N) is 6. The van der Waals surface area contributed by atoms with Crippen LogP contribution < -0.4 is 5.32 Å². The molecule has 1 saturated carbocycles. The van der Waals surface area contributed by atoms with Gasteiger partial charge in [0.05, 0.1) is 16.6 Å². The van der Waals surface area contributed by atoms with Crippen LogP contribution in [0, 0.1) is 18.8 Å². The Balaban J connectivity index is 1.34. The molecule has 4 aromatic rings. The van der Waals surface area contributed by atoms with Gasteiger partial charge in [0.1, 0.15) is 5.82 Å². The Kier molecular flexibility index (Phi) is 5.89. The summed E-state index contributed by atoms with van der Waals surface area (Å²) >= 11 is 0. The standard InChI is InChI=1S/C26H31N7O3S/c1-3-19-15-31(26(34)27-12-10-18-6-7-18)16-21(19)24-30-29-23-14-28-25-22(33(23)24)11-13-32(25)37(35,36)20-8-4-17(2)5-9-20/h4-5,8-9,11,13-14,18-19,21H,3,6-7,10,12,15-16H2,1-2H3,(H,27,34)/t19-,21+/m0/s1. The average Bonchev–Trinajstić information content (AvgIpc) is 3.28. The molecule has 10 nitrogen and oxygen atoms in total. The molecule has 1 aromatic carbocycles. The van der Waals surface area contributed by atoms with Gasteiger partial charge in [0.25, 0.3) is 10.0 Å². The third kappa shape index (κ3) is 4.24. The summed E-state index contributed by atoms with van der Waals surface area (Å²) in [5.74, 6) is 1.71. The lowest BCUT2D eigenvalue weighted by molar-refractivity contribution is 0.206. The Morgan fingerprint density at radius 1 is 1.11 bits per heavy atom. The number of benzene rings is 1. The first-order valence-electron chi connectivity index (χ1n) is 12.9. The molecule has 0 spiro atoms. The molecule has 11 heteroatoms. The van der Waals surface area contributed by atoms with E-state index in [1.54, 1.807) is 36.5 Å². The van der Waals surface area contributed by atoms with Crippen molar-refractivity contribution in [2.24, 2.45) is 11.8 Å². The minimum atomic E-state index is -3.83. The smallest absolute Gasteiger partial charge is 0.317 e. The molecule has 2 fully saturated rings. The lowest BCUT2D eigenvalue weighted by Crippen LogP contribution is -2.39. The number of nitrogens with one attached hydrogen (secondary N) is 1. The summed E-state index contributed by atoms with van der Waals surface area (Å²) in [5.41, 5.74) is 2.47. The number of urea groups is 1. The summed E-state index contributed by atoms with van der Waals surface area (Å²) in [7, 11) is -3.83. The van der Waals surface area contributed by atoms with Crippen molar-refractivity contribution in [2.45, 2.75) is 50.3 Å². The fourth-order valence-corrected chi connectivity index (χ4v) is 6.65. The minimum Gasteiger partial charge on any atom is -0.338 e. The Labute approximate surface area is 215 Å². The first-order valence-corrected chi connectivity index (χ1v) is 14.4. The number of amides is 2. The molecule has 1 N–H and O–H groups in total. The number of hydrogen-bond donors (Lipinski definition) is 1. The van der Waals surface area contributed by atoms with Gasteiger partial charge >= 0.3 is 6.03 Å². The van der Waals surface area contributed by atoms with Gasteiger partial charge in [0.2, 0.25) is 0 Å². The first-order chi connectivity index (χ1) is 17.9. The predicted molar refractivity (Wildman–Crippen MR) is 139 cm³/mol. The summed E-state index contributed by atoms with van der Waals surface area (Å²) < 4.78 is 29.9. The zero-order valence-corrected chi connectivity index (χ0v) is 21.9. The number of carbonyl (C=O) groups is 1. The van der Waals surface area contributed by atoms with Crippen LogP contribution in [0.3, 0.4) is 0 Å². The van der Waals surface area contributed by atoms with Crippen molar-refractivity contribution in [3.8, 4) is 0 Å². The summed E-state index contributed by atoms with van der Waals surface area (Å²) in [4.78, 5) is 19.4. The zero-order chi connectivity index (χ0) is 25.7. The van der Waals surface area contributed by atoms with Crippen molar-refractivity contribution in [2.75, 3.05) is 19.6 Å². The molecule has 1 saturated heterocycles. The van der Waals surface area contributed by atoms with E-state index in [0.29, 0.717) is 36.4 Å². The average molecular weight is 522 g/mol. The Hall–Kier alpha value is -3.47. The highest BCUT2D eigenvalue weighted by Gasteiger charge is 2.38. The third-order valence-corrected chi connectivity index (χ3v) is 9.43. The van der Waals surface area contributed by atoms with Crippen LogP contribution in [0.15, 0.2) is 47.6 Å². The van der Waals surface area contributed by atoms with Gasteiger partial charge in [-0.05, 0) is 43.4 Å².